The molecule has 9 aromatic carbocycles. The quantitative estimate of drug-likeness (QED) is 0.147. The highest BCUT2D eigenvalue weighted by Crippen LogP contribution is 2.41. The zero-order chi connectivity index (χ0) is 38.7. The first-order valence-corrected chi connectivity index (χ1v) is 19.6. The van der Waals surface area contributed by atoms with Gasteiger partial charge in [0, 0.05) is 22.6 Å². The molecule has 0 N–H and O–H groups in total. The van der Waals surface area contributed by atoms with E-state index in [2.05, 4.69) is 211 Å². The van der Waals surface area contributed by atoms with Crippen molar-refractivity contribution in [2.75, 3.05) is 4.90 Å². The lowest BCUT2D eigenvalue weighted by Gasteiger charge is -2.26. The Labute approximate surface area is 338 Å². The first-order chi connectivity index (χ1) is 28.7. The standard InChI is InChI=1S/C55H38N2O/c1-3-14-39(15-4-1)44-16-13-17-45(38-44)40-30-34-47(35-31-40)57(46-18-5-2-6-19-46)48-36-32-42(33-37-48)50-21-8-10-23-52(50)51-22-9-7-20-49(51)41-26-28-43(29-27-41)55-56-53-24-11-12-25-54(53)58-55/h1-38H. The van der Waals surface area contributed by atoms with E-state index in [9.17, 15) is 0 Å². The van der Waals surface area contributed by atoms with Crippen LogP contribution in [0.15, 0.2) is 235 Å². The van der Waals surface area contributed by atoms with Crippen molar-refractivity contribution in [1.29, 1.82) is 0 Å². The Hall–Kier alpha value is -7.75. The Morgan fingerprint density at radius 1 is 0.293 bits per heavy atom. The summed E-state index contributed by atoms with van der Waals surface area (Å²) in [4.78, 5) is 7.02. The van der Waals surface area contributed by atoms with Crippen LogP contribution in [0.1, 0.15) is 0 Å². The van der Waals surface area contributed by atoms with Gasteiger partial charge in [-0.25, -0.2) is 4.98 Å². The summed E-state index contributed by atoms with van der Waals surface area (Å²) in [6, 6.07) is 81.4. The van der Waals surface area contributed by atoms with Crippen molar-refractivity contribution >= 4 is 28.2 Å². The van der Waals surface area contributed by atoms with E-state index in [1.165, 1.54) is 44.5 Å². The summed E-state index contributed by atoms with van der Waals surface area (Å²) < 4.78 is 6.05. The minimum Gasteiger partial charge on any atom is -0.436 e. The van der Waals surface area contributed by atoms with Crippen molar-refractivity contribution in [3.8, 4) is 67.1 Å². The van der Waals surface area contributed by atoms with E-state index < -0.39 is 0 Å². The predicted octanol–water partition coefficient (Wildman–Crippen LogP) is 15.3. The molecule has 0 unspecified atom stereocenters. The largest absolute Gasteiger partial charge is 0.436 e. The van der Waals surface area contributed by atoms with Crippen LogP contribution in [0.25, 0.3) is 78.2 Å². The summed E-state index contributed by atoms with van der Waals surface area (Å²) in [5, 5.41) is 0. The molecule has 3 nitrogen and oxygen atoms in total. The van der Waals surface area contributed by atoms with Crippen molar-refractivity contribution in [2.24, 2.45) is 0 Å². The lowest BCUT2D eigenvalue weighted by Crippen LogP contribution is -2.09. The fourth-order valence-corrected chi connectivity index (χ4v) is 7.85. The number of aromatic nitrogens is 1. The third kappa shape index (κ3) is 6.87. The van der Waals surface area contributed by atoms with Gasteiger partial charge in [0.2, 0.25) is 5.89 Å². The predicted molar refractivity (Wildman–Crippen MR) is 241 cm³/mol. The van der Waals surface area contributed by atoms with Crippen molar-refractivity contribution in [3.05, 3.63) is 231 Å². The van der Waals surface area contributed by atoms with Crippen molar-refractivity contribution in [1.82, 2.24) is 4.98 Å². The molecule has 0 aliphatic rings. The van der Waals surface area contributed by atoms with Crippen LogP contribution in [0, 0.1) is 0 Å². The van der Waals surface area contributed by atoms with Crippen LogP contribution in [0.3, 0.4) is 0 Å². The lowest BCUT2D eigenvalue weighted by molar-refractivity contribution is 0.620. The number of anilines is 3. The molecule has 10 aromatic rings. The number of hydrogen-bond donors (Lipinski definition) is 0. The van der Waals surface area contributed by atoms with Crippen LogP contribution in [-0.2, 0) is 0 Å². The van der Waals surface area contributed by atoms with Crippen LogP contribution < -0.4 is 4.90 Å². The molecule has 274 valence electrons. The highest BCUT2D eigenvalue weighted by molar-refractivity contribution is 5.92. The molecule has 1 aromatic heterocycles. The zero-order valence-electron chi connectivity index (χ0n) is 31.7. The fourth-order valence-electron chi connectivity index (χ4n) is 7.85. The molecule has 0 saturated heterocycles. The first-order valence-electron chi connectivity index (χ1n) is 19.6. The Kier molecular flexibility index (Phi) is 9.23. The number of para-hydroxylation sites is 3. The molecular formula is C55H38N2O. The molecule has 0 aliphatic heterocycles. The van der Waals surface area contributed by atoms with Gasteiger partial charge in [0.25, 0.3) is 0 Å². The number of oxazole rings is 1. The van der Waals surface area contributed by atoms with Crippen LogP contribution in [0.2, 0.25) is 0 Å². The summed E-state index contributed by atoms with van der Waals surface area (Å²) in [5.74, 6) is 0.627. The summed E-state index contributed by atoms with van der Waals surface area (Å²) in [6.07, 6.45) is 0. The molecular weight excluding hydrogens is 705 g/mol. The monoisotopic (exact) mass is 742 g/mol. The van der Waals surface area contributed by atoms with Crippen molar-refractivity contribution in [2.45, 2.75) is 0 Å². The van der Waals surface area contributed by atoms with E-state index in [-0.39, 0.29) is 0 Å². The first kappa shape index (κ1) is 34.7. The van der Waals surface area contributed by atoms with Crippen molar-refractivity contribution in [3.63, 3.8) is 0 Å². The number of fused-ring (bicyclic) bond motifs is 1. The van der Waals surface area contributed by atoms with E-state index in [4.69, 9.17) is 9.40 Å². The van der Waals surface area contributed by atoms with Gasteiger partial charge in [0.15, 0.2) is 5.58 Å². The average molecular weight is 743 g/mol. The second-order valence-corrected chi connectivity index (χ2v) is 14.4. The molecule has 10 rings (SSSR count). The van der Waals surface area contributed by atoms with Gasteiger partial charge in [-0.2, -0.15) is 0 Å². The van der Waals surface area contributed by atoms with Gasteiger partial charge in [0.05, 0.1) is 0 Å². The molecule has 0 atom stereocenters. The number of hydrogen-bond acceptors (Lipinski definition) is 3. The van der Waals surface area contributed by atoms with Gasteiger partial charge in [-0.3, -0.25) is 0 Å². The molecule has 0 amide bonds. The minimum atomic E-state index is 0.627. The summed E-state index contributed by atoms with van der Waals surface area (Å²) in [7, 11) is 0. The van der Waals surface area contributed by atoms with Crippen LogP contribution in [-0.4, -0.2) is 4.98 Å². The van der Waals surface area contributed by atoms with Gasteiger partial charge in [0.1, 0.15) is 5.52 Å². The molecule has 0 radical (unpaired) electrons. The SMILES string of the molecule is c1ccc(-c2cccc(-c3ccc(N(c4ccccc4)c4ccc(-c5ccccc5-c5ccccc5-c5ccc(-c6nc7ccccc7o6)cc5)cc4)cc3)c2)cc1. The lowest BCUT2D eigenvalue weighted by atomic mass is 9.89. The molecule has 1 heterocycles. The maximum atomic E-state index is 6.05. The normalized spacial score (nSPS) is 11.1. The average Bonchev–Trinajstić information content (AvgIpc) is 3.75. The van der Waals surface area contributed by atoms with Crippen LogP contribution in [0.4, 0.5) is 17.1 Å². The van der Waals surface area contributed by atoms with Gasteiger partial charge in [-0.05, 0) is 122 Å². The van der Waals surface area contributed by atoms with E-state index >= 15 is 0 Å². The Morgan fingerprint density at radius 3 is 1.29 bits per heavy atom. The molecule has 0 aliphatic carbocycles. The second-order valence-electron chi connectivity index (χ2n) is 14.4. The maximum Gasteiger partial charge on any atom is 0.227 e. The van der Waals surface area contributed by atoms with E-state index in [1.54, 1.807) is 0 Å². The highest BCUT2D eigenvalue weighted by Gasteiger charge is 2.16. The second kappa shape index (κ2) is 15.4. The maximum absolute atomic E-state index is 6.05. The molecule has 3 heteroatoms. The number of nitrogens with zero attached hydrogens (tertiary/aromatic N) is 2. The van der Waals surface area contributed by atoms with Crippen LogP contribution in [0.5, 0.6) is 0 Å². The molecule has 0 saturated carbocycles. The Morgan fingerprint density at radius 2 is 0.707 bits per heavy atom. The van der Waals surface area contributed by atoms with Gasteiger partial charge in [-0.1, -0.05) is 164 Å². The Bertz CT molecular complexity index is 2940. The van der Waals surface area contributed by atoms with Gasteiger partial charge >= 0.3 is 0 Å². The van der Waals surface area contributed by atoms with E-state index in [0.717, 1.165) is 44.9 Å². The van der Waals surface area contributed by atoms with Gasteiger partial charge < -0.3 is 9.32 Å². The van der Waals surface area contributed by atoms with E-state index in [1.807, 2.05) is 24.3 Å². The molecule has 0 spiro atoms. The highest BCUT2D eigenvalue weighted by atomic mass is 16.3. The van der Waals surface area contributed by atoms with E-state index in [0.29, 0.717) is 5.89 Å². The topological polar surface area (TPSA) is 29.3 Å². The minimum absolute atomic E-state index is 0.627. The van der Waals surface area contributed by atoms with Crippen LogP contribution >= 0.6 is 0 Å². The number of benzene rings is 9. The summed E-state index contributed by atoms with van der Waals surface area (Å²) in [5.41, 5.74) is 17.7. The summed E-state index contributed by atoms with van der Waals surface area (Å²) >= 11 is 0. The summed E-state index contributed by atoms with van der Waals surface area (Å²) in [6.45, 7) is 0. The third-order valence-corrected chi connectivity index (χ3v) is 10.8. The van der Waals surface area contributed by atoms with Crippen molar-refractivity contribution < 1.29 is 4.42 Å². The number of rotatable bonds is 9. The molecule has 58 heavy (non-hydrogen) atoms. The van der Waals surface area contributed by atoms with Gasteiger partial charge in [-0.15, -0.1) is 0 Å². The molecule has 0 bridgehead atoms. The zero-order valence-corrected chi connectivity index (χ0v) is 31.7. The smallest absolute Gasteiger partial charge is 0.227 e. The third-order valence-electron chi connectivity index (χ3n) is 10.8. The Balaban J connectivity index is 0.957. The molecule has 0 fully saturated rings. The fraction of sp³-hybridized carbons (Fsp3) is 0.